The highest BCUT2D eigenvalue weighted by atomic mass is 35.5. The number of anilines is 1. The summed E-state index contributed by atoms with van der Waals surface area (Å²) in [6, 6.07) is 6.91. The summed E-state index contributed by atoms with van der Waals surface area (Å²) in [5, 5.41) is 2.53. The summed E-state index contributed by atoms with van der Waals surface area (Å²) in [6.07, 6.45) is 0. The number of benzene rings is 2. The molecular weight excluding hydrogens is 383 g/mol. The maximum absolute atomic E-state index is 13.8. The molecule has 0 atom stereocenters. The Morgan fingerprint density at radius 3 is 2.50 bits per heavy atom. The lowest BCUT2D eigenvalue weighted by atomic mass is 10.1. The molecule has 26 heavy (non-hydrogen) atoms. The Hall–Kier alpha value is -2.45. The van der Waals surface area contributed by atoms with Gasteiger partial charge in [-0.3, -0.25) is 9.59 Å². The molecule has 0 bridgehead atoms. The maximum atomic E-state index is 13.8. The highest BCUT2D eigenvalue weighted by molar-refractivity contribution is 7.90. The minimum Gasteiger partial charge on any atom is -0.319 e. The van der Waals surface area contributed by atoms with Crippen molar-refractivity contribution < 1.29 is 22.4 Å². The van der Waals surface area contributed by atoms with Crippen molar-refractivity contribution in [3.05, 3.63) is 58.4 Å². The number of hydrogen-bond acceptors (Lipinski definition) is 4. The third kappa shape index (κ3) is 2.95. The van der Waals surface area contributed by atoms with Gasteiger partial charge in [0, 0.05) is 16.6 Å². The zero-order valence-electron chi connectivity index (χ0n) is 13.8. The van der Waals surface area contributed by atoms with Crippen molar-refractivity contribution in [1.29, 1.82) is 0 Å². The van der Waals surface area contributed by atoms with Gasteiger partial charge >= 0.3 is 0 Å². The molecule has 2 aromatic rings. The van der Waals surface area contributed by atoms with Gasteiger partial charge in [-0.05, 0) is 50.2 Å². The monoisotopic (exact) mass is 396 g/mol. The SMILES string of the molecule is CC(C)N1C(=O)c2ccc(C(=O)Nc3ccc(Cl)cc3F)cc2S1(=O)=O. The van der Waals surface area contributed by atoms with Crippen molar-refractivity contribution in [3.8, 4) is 0 Å². The first kappa shape index (κ1) is 18.3. The van der Waals surface area contributed by atoms with E-state index >= 15 is 0 Å². The van der Waals surface area contributed by atoms with E-state index < -0.39 is 33.7 Å². The molecule has 0 aromatic heterocycles. The predicted molar refractivity (Wildman–Crippen MR) is 94.3 cm³/mol. The van der Waals surface area contributed by atoms with Crippen molar-refractivity contribution in [3.63, 3.8) is 0 Å². The predicted octanol–water partition coefficient (Wildman–Crippen LogP) is 3.28. The Morgan fingerprint density at radius 2 is 1.88 bits per heavy atom. The molecular formula is C17H14ClFN2O4S. The van der Waals surface area contributed by atoms with Crippen LogP contribution >= 0.6 is 11.6 Å². The summed E-state index contributed by atoms with van der Waals surface area (Å²) in [5.41, 5.74) is -0.101. The minimum absolute atomic E-state index is 0.00734. The third-order valence-corrected chi connectivity index (χ3v) is 6.09. The van der Waals surface area contributed by atoms with Gasteiger partial charge in [-0.15, -0.1) is 0 Å². The van der Waals surface area contributed by atoms with Gasteiger partial charge < -0.3 is 5.32 Å². The van der Waals surface area contributed by atoms with E-state index in [1.165, 1.54) is 24.3 Å². The minimum atomic E-state index is -4.03. The van der Waals surface area contributed by atoms with E-state index in [2.05, 4.69) is 5.32 Å². The number of nitrogens with one attached hydrogen (secondary N) is 1. The van der Waals surface area contributed by atoms with Gasteiger partial charge in [0.1, 0.15) is 10.7 Å². The molecule has 1 N–H and O–H groups in total. The van der Waals surface area contributed by atoms with Gasteiger partial charge in [-0.2, -0.15) is 0 Å². The molecule has 1 aliphatic rings. The van der Waals surface area contributed by atoms with Crippen LogP contribution in [0.4, 0.5) is 10.1 Å². The molecule has 0 unspecified atom stereocenters. The molecule has 1 aliphatic heterocycles. The Kier molecular flexibility index (Phi) is 4.49. The fraction of sp³-hybridized carbons (Fsp3) is 0.176. The molecule has 0 spiro atoms. The Labute approximate surface area is 154 Å². The summed E-state index contributed by atoms with van der Waals surface area (Å²) in [6.45, 7) is 3.16. The van der Waals surface area contributed by atoms with Crippen molar-refractivity contribution >= 4 is 39.1 Å². The summed E-state index contributed by atoms with van der Waals surface area (Å²) in [5.74, 6) is -2.06. The van der Waals surface area contributed by atoms with E-state index in [4.69, 9.17) is 11.6 Å². The molecule has 2 amide bonds. The van der Waals surface area contributed by atoms with E-state index in [1.54, 1.807) is 13.8 Å². The largest absolute Gasteiger partial charge is 0.319 e. The second-order valence-electron chi connectivity index (χ2n) is 5.99. The lowest BCUT2D eigenvalue weighted by Gasteiger charge is -2.18. The second kappa shape index (κ2) is 6.37. The highest BCUT2D eigenvalue weighted by Crippen LogP contribution is 2.32. The van der Waals surface area contributed by atoms with Crippen LogP contribution in [0.15, 0.2) is 41.3 Å². The second-order valence-corrected chi connectivity index (χ2v) is 8.21. The molecule has 0 aliphatic carbocycles. The summed E-state index contributed by atoms with van der Waals surface area (Å²) >= 11 is 5.66. The van der Waals surface area contributed by atoms with Crippen molar-refractivity contribution in [2.75, 3.05) is 5.32 Å². The van der Waals surface area contributed by atoms with Crippen LogP contribution in [-0.2, 0) is 10.0 Å². The van der Waals surface area contributed by atoms with Crippen molar-refractivity contribution in [1.82, 2.24) is 4.31 Å². The number of sulfonamides is 1. The smallest absolute Gasteiger partial charge is 0.269 e. The molecule has 0 fully saturated rings. The Bertz CT molecular complexity index is 1040. The van der Waals surface area contributed by atoms with E-state index in [9.17, 15) is 22.4 Å². The first-order valence-corrected chi connectivity index (χ1v) is 9.44. The number of nitrogens with zero attached hydrogens (tertiary/aromatic N) is 1. The topological polar surface area (TPSA) is 83.6 Å². The van der Waals surface area contributed by atoms with E-state index in [-0.39, 0.29) is 26.7 Å². The zero-order chi connectivity index (χ0) is 19.2. The fourth-order valence-corrected chi connectivity index (χ4v) is 4.64. The van der Waals surface area contributed by atoms with Crippen LogP contribution in [0.3, 0.4) is 0 Å². The molecule has 0 radical (unpaired) electrons. The maximum Gasteiger partial charge on any atom is 0.269 e. The standard InChI is InChI=1S/C17H14ClFN2O4S/c1-9(2)21-17(23)12-5-3-10(7-15(12)26(21,24)25)16(22)20-14-6-4-11(18)8-13(14)19/h3-9H,1-2H3,(H,20,22). The molecule has 0 saturated carbocycles. The van der Waals surface area contributed by atoms with Crippen molar-refractivity contribution in [2.45, 2.75) is 24.8 Å². The summed E-state index contributed by atoms with van der Waals surface area (Å²) < 4.78 is 39.7. The van der Waals surface area contributed by atoms with Crippen LogP contribution in [0.2, 0.25) is 5.02 Å². The van der Waals surface area contributed by atoms with E-state index in [0.29, 0.717) is 0 Å². The number of rotatable bonds is 3. The van der Waals surface area contributed by atoms with Gasteiger partial charge in [0.25, 0.3) is 21.8 Å². The van der Waals surface area contributed by atoms with Crippen LogP contribution < -0.4 is 5.32 Å². The van der Waals surface area contributed by atoms with Gasteiger partial charge in [0.2, 0.25) is 0 Å². The average molecular weight is 397 g/mol. The molecule has 0 saturated heterocycles. The number of amides is 2. The van der Waals surface area contributed by atoms with Gasteiger partial charge in [-0.25, -0.2) is 17.1 Å². The van der Waals surface area contributed by atoms with E-state index in [1.807, 2.05) is 0 Å². The third-order valence-electron chi connectivity index (χ3n) is 3.86. The fourth-order valence-electron chi connectivity index (χ4n) is 2.68. The normalized spacial score (nSPS) is 15.3. The molecule has 1 heterocycles. The van der Waals surface area contributed by atoms with Crippen LogP contribution in [0.5, 0.6) is 0 Å². The number of halogens is 2. The van der Waals surface area contributed by atoms with Crippen LogP contribution in [0.25, 0.3) is 0 Å². The van der Waals surface area contributed by atoms with Crippen LogP contribution in [0.1, 0.15) is 34.6 Å². The molecule has 2 aromatic carbocycles. The van der Waals surface area contributed by atoms with Crippen LogP contribution in [-0.4, -0.2) is 30.6 Å². The Morgan fingerprint density at radius 1 is 1.19 bits per heavy atom. The molecule has 136 valence electrons. The number of fused-ring (bicyclic) bond motifs is 1. The number of carbonyl (C=O) groups excluding carboxylic acids is 2. The lowest BCUT2D eigenvalue weighted by molar-refractivity contribution is 0.0846. The summed E-state index contributed by atoms with van der Waals surface area (Å²) in [7, 11) is -4.03. The van der Waals surface area contributed by atoms with E-state index in [0.717, 1.165) is 16.4 Å². The first-order chi connectivity index (χ1) is 12.1. The summed E-state index contributed by atoms with van der Waals surface area (Å²) in [4.78, 5) is 24.4. The van der Waals surface area contributed by atoms with Crippen LogP contribution in [0, 0.1) is 5.82 Å². The number of hydrogen-bond donors (Lipinski definition) is 1. The molecule has 6 nitrogen and oxygen atoms in total. The highest BCUT2D eigenvalue weighted by Gasteiger charge is 2.42. The molecule has 9 heteroatoms. The quantitative estimate of drug-likeness (QED) is 0.862. The van der Waals surface area contributed by atoms with Gasteiger partial charge in [-0.1, -0.05) is 11.6 Å². The Balaban J connectivity index is 1.97. The van der Waals surface area contributed by atoms with Gasteiger partial charge in [0.15, 0.2) is 0 Å². The number of carbonyl (C=O) groups is 2. The van der Waals surface area contributed by atoms with Gasteiger partial charge in [0.05, 0.1) is 11.3 Å². The zero-order valence-corrected chi connectivity index (χ0v) is 15.4. The molecule has 3 rings (SSSR count). The van der Waals surface area contributed by atoms with Crippen molar-refractivity contribution in [2.24, 2.45) is 0 Å². The first-order valence-electron chi connectivity index (χ1n) is 7.62. The lowest BCUT2D eigenvalue weighted by Crippen LogP contribution is -2.36. The average Bonchev–Trinajstić information content (AvgIpc) is 2.76.